The lowest BCUT2D eigenvalue weighted by Crippen LogP contribution is -2.35. The number of fused-ring (bicyclic) bond motifs is 1. The molecule has 1 saturated heterocycles. The molecule has 0 amide bonds. The Balaban J connectivity index is 1.92. The molecule has 18 heavy (non-hydrogen) atoms. The van der Waals surface area contributed by atoms with E-state index >= 15 is 0 Å². The zero-order valence-corrected chi connectivity index (χ0v) is 10.1. The van der Waals surface area contributed by atoms with Crippen LogP contribution in [-0.2, 0) is 0 Å². The van der Waals surface area contributed by atoms with Gasteiger partial charge in [0.15, 0.2) is 0 Å². The van der Waals surface area contributed by atoms with Crippen molar-refractivity contribution in [1.82, 2.24) is 10.3 Å². The highest BCUT2D eigenvalue weighted by Crippen LogP contribution is 2.23. The molecule has 94 valence electrons. The van der Waals surface area contributed by atoms with Gasteiger partial charge in [0.1, 0.15) is 11.6 Å². The molecular weight excluding hydrogens is 229 g/mol. The first-order valence-corrected chi connectivity index (χ1v) is 6.34. The molecule has 0 bridgehead atoms. The maximum Gasteiger partial charge on any atom is 0.134 e. The Kier molecular flexibility index (Phi) is 3.11. The van der Waals surface area contributed by atoms with Gasteiger partial charge in [-0.1, -0.05) is 6.07 Å². The van der Waals surface area contributed by atoms with Crippen molar-refractivity contribution in [3.05, 3.63) is 36.3 Å². The van der Waals surface area contributed by atoms with Gasteiger partial charge in [-0.05, 0) is 49.5 Å². The zero-order valence-electron chi connectivity index (χ0n) is 10.1. The van der Waals surface area contributed by atoms with E-state index in [9.17, 15) is 4.39 Å². The molecule has 2 aromatic rings. The molecule has 4 heteroatoms. The van der Waals surface area contributed by atoms with Crippen molar-refractivity contribution in [3.63, 3.8) is 0 Å². The highest BCUT2D eigenvalue weighted by atomic mass is 19.1. The highest BCUT2D eigenvalue weighted by molar-refractivity contribution is 5.91. The lowest BCUT2D eigenvalue weighted by atomic mass is 10.1. The fourth-order valence-corrected chi connectivity index (χ4v) is 2.42. The summed E-state index contributed by atoms with van der Waals surface area (Å²) in [6.45, 7) is 2.05. The second-order valence-corrected chi connectivity index (χ2v) is 4.69. The van der Waals surface area contributed by atoms with Crippen molar-refractivity contribution < 1.29 is 4.39 Å². The summed E-state index contributed by atoms with van der Waals surface area (Å²) in [5.41, 5.74) is 0. The Morgan fingerprint density at radius 2 is 2.06 bits per heavy atom. The van der Waals surface area contributed by atoms with Crippen LogP contribution in [0.1, 0.15) is 12.8 Å². The minimum absolute atomic E-state index is 0.219. The van der Waals surface area contributed by atoms with Gasteiger partial charge in [-0.25, -0.2) is 9.37 Å². The van der Waals surface area contributed by atoms with E-state index in [2.05, 4.69) is 15.6 Å². The maximum atomic E-state index is 13.3. The Bertz CT molecular complexity index is 550. The standard InChI is InChI=1S/C14H16FN3/c15-11-2-1-10-3-8-17-14(13(10)9-11)18-12-4-6-16-7-5-12/h1-3,8-9,12,16H,4-7H2,(H,17,18). The van der Waals surface area contributed by atoms with Gasteiger partial charge in [0, 0.05) is 17.6 Å². The number of anilines is 1. The van der Waals surface area contributed by atoms with Gasteiger partial charge >= 0.3 is 0 Å². The van der Waals surface area contributed by atoms with Gasteiger partial charge in [0.2, 0.25) is 0 Å². The van der Waals surface area contributed by atoms with Crippen molar-refractivity contribution in [2.75, 3.05) is 18.4 Å². The molecular formula is C14H16FN3. The number of hydrogen-bond acceptors (Lipinski definition) is 3. The number of piperidine rings is 1. The van der Waals surface area contributed by atoms with Crippen LogP contribution in [0.3, 0.4) is 0 Å². The van der Waals surface area contributed by atoms with E-state index < -0.39 is 0 Å². The third kappa shape index (κ3) is 2.29. The van der Waals surface area contributed by atoms with Gasteiger partial charge in [-0.15, -0.1) is 0 Å². The van der Waals surface area contributed by atoms with E-state index in [1.165, 1.54) is 6.07 Å². The molecule has 1 aromatic heterocycles. The SMILES string of the molecule is Fc1ccc2ccnc(NC3CCNCC3)c2c1. The summed E-state index contributed by atoms with van der Waals surface area (Å²) in [6, 6.07) is 7.15. The predicted molar refractivity (Wildman–Crippen MR) is 71.2 cm³/mol. The van der Waals surface area contributed by atoms with Crippen LogP contribution in [0.4, 0.5) is 10.2 Å². The van der Waals surface area contributed by atoms with Crippen LogP contribution in [0.25, 0.3) is 10.8 Å². The monoisotopic (exact) mass is 245 g/mol. The number of nitrogens with one attached hydrogen (secondary N) is 2. The summed E-state index contributed by atoms with van der Waals surface area (Å²) in [7, 11) is 0. The first-order valence-electron chi connectivity index (χ1n) is 6.34. The lowest BCUT2D eigenvalue weighted by molar-refractivity contribution is 0.478. The molecule has 1 fully saturated rings. The summed E-state index contributed by atoms with van der Waals surface area (Å²) in [6.07, 6.45) is 3.92. The third-order valence-electron chi connectivity index (χ3n) is 3.41. The molecule has 0 spiro atoms. The van der Waals surface area contributed by atoms with Crippen molar-refractivity contribution in [3.8, 4) is 0 Å². The minimum atomic E-state index is -0.219. The Labute approximate surface area is 105 Å². The van der Waals surface area contributed by atoms with Crippen LogP contribution in [0.5, 0.6) is 0 Å². The van der Waals surface area contributed by atoms with E-state index in [0.29, 0.717) is 6.04 Å². The third-order valence-corrected chi connectivity index (χ3v) is 3.41. The molecule has 2 heterocycles. The van der Waals surface area contributed by atoms with Gasteiger partial charge < -0.3 is 10.6 Å². The number of benzene rings is 1. The zero-order chi connectivity index (χ0) is 12.4. The topological polar surface area (TPSA) is 37.0 Å². The number of nitrogens with zero attached hydrogens (tertiary/aromatic N) is 1. The van der Waals surface area contributed by atoms with E-state index in [0.717, 1.165) is 42.5 Å². The van der Waals surface area contributed by atoms with E-state index in [1.807, 2.05) is 6.07 Å². The molecule has 0 atom stereocenters. The van der Waals surface area contributed by atoms with Crippen LogP contribution in [0.2, 0.25) is 0 Å². The van der Waals surface area contributed by atoms with Crippen molar-refractivity contribution in [2.24, 2.45) is 0 Å². The van der Waals surface area contributed by atoms with Crippen LogP contribution in [0, 0.1) is 5.82 Å². The number of pyridine rings is 1. The maximum absolute atomic E-state index is 13.3. The van der Waals surface area contributed by atoms with Crippen LogP contribution >= 0.6 is 0 Å². The summed E-state index contributed by atoms with van der Waals surface area (Å²) in [5.74, 6) is 0.572. The smallest absolute Gasteiger partial charge is 0.134 e. The first-order chi connectivity index (χ1) is 8.83. The average molecular weight is 245 g/mol. The van der Waals surface area contributed by atoms with Crippen molar-refractivity contribution in [2.45, 2.75) is 18.9 Å². The van der Waals surface area contributed by atoms with Crippen molar-refractivity contribution >= 4 is 16.6 Å². The van der Waals surface area contributed by atoms with E-state index in [1.54, 1.807) is 18.3 Å². The molecule has 0 saturated carbocycles. The Hall–Kier alpha value is -1.68. The van der Waals surface area contributed by atoms with Crippen molar-refractivity contribution in [1.29, 1.82) is 0 Å². The summed E-state index contributed by atoms with van der Waals surface area (Å²) >= 11 is 0. The van der Waals surface area contributed by atoms with Gasteiger partial charge in [-0.3, -0.25) is 0 Å². The van der Waals surface area contributed by atoms with Crippen LogP contribution in [-0.4, -0.2) is 24.1 Å². The second kappa shape index (κ2) is 4.90. The summed E-state index contributed by atoms with van der Waals surface area (Å²) in [5, 5.41) is 8.63. The number of halogens is 1. The molecule has 0 radical (unpaired) electrons. The molecule has 0 aliphatic carbocycles. The van der Waals surface area contributed by atoms with E-state index in [-0.39, 0.29) is 5.82 Å². The molecule has 1 aliphatic heterocycles. The lowest BCUT2D eigenvalue weighted by Gasteiger charge is -2.24. The molecule has 3 nitrogen and oxygen atoms in total. The fourth-order valence-electron chi connectivity index (χ4n) is 2.42. The Morgan fingerprint density at radius 1 is 1.22 bits per heavy atom. The average Bonchev–Trinajstić information content (AvgIpc) is 2.41. The summed E-state index contributed by atoms with van der Waals surface area (Å²) < 4.78 is 13.3. The normalized spacial score (nSPS) is 16.9. The molecule has 0 unspecified atom stereocenters. The quantitative estimate of drug-likeness (QED) is 0.853. The molecule has 2 N–H and O–H groups in total. The predicted octanol–water partition coefficient (Wildman–Crippen LogP) is 2.54. The number of rotatable bonds is 2. The Morgan fingerprint density at radius 3 is 2.89 bits per heavy atom. The molecule has 1 aromatic carbocycles. The number of hydrogen-bond donors (Lipinski definition) is 2. The van der Waals surface area contributed by atoms with Gasteiger partial charge in [0.25, 0.3) is 0 Å². The van der Waals surface area contributed by atoms with Gasteiger partial charge in [-0.2, -0.15) is 0 Å². The second-order valence-electron chi connectivity index (χ2n) is 4.69. The summed E-state index contributed by atoms with van der Waals surface area (Å²) in [4.78, 5) is 4.34. The first kappa shape index (κ1) is 11.4. The molecule has 1 aliphatic rings. The van der Waals surface area contributed by atoms with Crippen LogP contribution in [0.15, 0.2) is 30.5 Å². The largest absolute Gasteiger partial charge is 0.367 e. The van der Waals surface area contributed by atoms with Gasteiger partial charge in [0.05, 0.1) is 0 Å². The van der Waals surface area contributed by atoms with Crippen LogP contribution < -0.4 is 10.6 Å². The number of aromatic nitrogens is 1. The van der Waals surface area contributed by atoms with E-state index in [4.69, 9.17) is 0 Å². The molecule has 3 rings (SSSR count). The minimum Gasteiger partial charge on any atom is -0.367 e. The highest BCUT2D eigenvalue weighted by Gasteiger charge is 2.14. The fraction of sp³-hybridized carbons (Fsp3) is 0.357.